The molecule has 1 aliphatic rings. The van der Waals surface area contributed by atoms with Crippen LogP contribution in [0.3, 0.4) is 0 Å². The number of rotatable bonds is 8. The highest BCUT2D eigenvalue weighted by atomic mass is 16.5. The van der Waals surface area contributed by atoms with Crippen molar-refractivity contribution in [2.24, 2.45) is 5.84 Å². The van der Waals surface area contributed by atoms with E-state index in [2.05, 4.69) is 17.7 Å². The summed E-state index contributed by atoms with van der Waals surface area (Å²) < 4.78 is 11.3. The SMILES string of the molecule is CCC(C)Oc1ccc(CN2CCNC(=O)C2CC(=O)NN)cc1OC. The number of benzene rings is 1. The maximum Gasteiger partial charge on any atom is 0.237 e. The Morgan fingerprint density at radius 3 is 2.88 bits per heavy atom. The van der Waals surface area contributed by atoms with Crippen molar-refractivity contribution in [2.75, 3.05) is 20.2 Å². The Bertz CT molecular complexity index is 638. The minimum Gasteiger partial charge on any atom is -0.493 e. The third-order valence-electron chi connectivity index (χ3n) is 4.50. The van der Waals surface area contributed by atoms with Crippen molar-refractivity contribution < 1.29 is 19.1 Å². The lowest BCUT2D eigenvalue weighted by Crippen LogP contribution is -2.56. The first-order valence-corrected chi connectivity index (χ1v) is 8.83. The summed E-state index contributed by atoms with van der Waals surface area (Å²) in [6.07, 6.45) is 1.02. The third kappa shape index (κ3) is 5.09. The summed E-state index contributed by atoms with van der Waals surface area (Å²) in [6, 6.07) is 5.19. The first-order chi connectivity index (χ1) is 12.5. The van der Waals surface area contributed by atoms with E-state index in [1.807, 2.05) is 30.0 Å². The van der Waals surface area contributed by atoms with Gasteiger partial charge < -0.3 is 14.8 Å². The molecule has 1 aliphatic heterocycles. The normalized spacial score (nSPS) is 18.8. The van der Waals surface area contributed by atoms with Gasteiger partial charge in [-0.05, 0) is 31.0 Å². The van der Waals surface area contributed by atoms with E-state index >= 15 is 0 Å². The van der Waals surface area contributed by atoms with E-state index in [9.17, 15) is 9.59 Å². The van der Waals surface area contributed by atoms with E-state index in [1.54, 1.807) is 7.11 Å². The first kappa shape index (κ1) is 20.0. The third-order valence-corrected chi connectivity index (χ3v) is 4.50. The van der Waals surface area contributed by atoms with Crippen LogP contribution in [-0.2, 0) is 16.1 Å². The molecule has 8 heteroatoms. The molecule has 1 aromatic rings. The second-order valence-corrected chi connectivity index (χ2v) is 6.37. The number of hydrogen-bond acceptors (Lipinski definition) is 6. The number of piperazine rings is 1. The minimum absolute atomic E-state index is 0.0225. The van der Waals surface area contributed by atoms with Crippen molar-refractivity contribution in [1.29, 1.82) is 0 Å². The van der Waals surface area contributed by atoms with Crippen LogP contribution in [-0.4, -0.2) is 49.1 Å². The van der Waals surface area contributed by atoms with Gasteiger partial charge in [0.25, 0.3) is 0 Å². The van der Waals surface area contributed by atoms with Gasteiger partial charge in [0.2, 0.25) is 11.8 Å². The molecule has 144 valence electrons. The summed E-state index contributed by atoms with van der Waals surface area (Å²) in [5.41, 5.74) is 3.06. The number of hydrogen-bond donors (Lipinski definition) is 3. The second-order valence-electron chi connectivity index (χ2n) is 6.37. The van der Waals surface area contributed by atoms with Gasteiger partial charge in [0.05, 0.1) is 25.7 Å². The highest BCUT2D eigenvalue weighted by Crippen LogP contribution is 2.30. The van der Waals surface area contributed by atoms with E-state index in [4.69, 9.17) is 15.3 Å². The van der Waals surface area contributed by atoms with Crippen molar-refractivity contribution in [2.45, 2.75) is 45.4 Å². The molecule has 1 aromatic carbocycles. The number of hydrazine groups is 1. The van der Waals surface area contributed by atoms with E-state index < -0.39 is 6.04 Å². The molecule has 2 rings (SSSR count). The fourth-order valence-corrected chi connectivity index (χ4v) is 2.85. The van der Waals surface area contributed by atoms with Gasteiger partial charge in [0.1, 0.15) is 0 Å². The molecule has 2 atom stereocenters. The maximum atomic E-state index is 12.2. The van der Waals surface area contributed by atoms with Crippen molar-refractivity contribution in [3.63, 3.8) is 0 Å². The van der Waals surface area contributed by atoms with Crippen molar-refractivity contribution in [1.82, 2.24) is 15.6 Å². The van der Waals surface area contributed by atoms with Gasteiger partial charge >= 0.3 is 0 Å². The molecule has 0 aromatic heterocycles. The molecule has 0 bridgehead atoms. The van der Waals surface area contributed by atoms with Crippen molar-refractivity contribution in [3.05, 3.63) is 23.8 Å². The summed E-state index contributed by atoms with van der Waals surface area (Å²) in [7, 11) is 1.60. The van der Waals surface area contributed by atoms with E-state index in [0.29, 0.717) is 31.1 Å². The summed E-state index contributed by atoms with van der Waals surface area (Å²) in [5, 5.41) is 2.79. The quantitative estimate of drug-likeness (QED) is 0.353. The van der Waals surface area contributed by atoms with Gasteiger partial charge in [-0.3, -0.25) is 19.9 Å². The second kappa shape index (κ2) is 9.40. The highest BCUT2D eigenvalue weighted by Gasteiger charge is 2.31. The molecule has 1 saturated heterocycles. The first-order valence-electron chi connectivity index (χ1n) is 8.83. The molecule has 2 amide bonds. The Labute approximate surface area is 154 Å². The number of carbonyl (C=O) groups excluding carboxylic acids is 2. The van der Waals surface area contributed by atoms with Crippen LogP contribution in [0.5, 0.6) is 11.5 Å². The lowest BCUT2D eigenvalue weighted by atomic mass is 10.1. The zero-order chi connectivity index (χ0) is 19.1. The zero-order valence-corrected chi connectivity index (χ0v) is 15.6. The number of ether oxygens (including phenoxy) is 2. The summed E-state index contributed by atoms with van der Waals surface area (Å²) >= 11 is 0. The number of nitrogens with one attached hydrogen (secondary N) is 2. The Morgan fingerprint density at radius 2 is 2.23 bits per heavy atom. The molecular formula is C18H28N4O4. The average Bonchev–Trinajstić information content (AvgIpc) is 2.65. The van der Waals surface area contributed by atoms with Crippen LogP contribution in [0.15, 0.2) is 18.2 Å². The Balaban J connectivity index is 2.14. The molecule has 0 spiro atoms. The van der Waals surface area contributed by atoms with E-state index in [-0.39, 0.29) is 24.3 Å². The molecular weight excluding hydrogens is 336 g/mol. The molecule has 8 nitrogen and oxygen atoms in total. The molecule has 0 radical (unpaired) electrons. The number of amides is 2. The van der Waals surface area contributed by atoms with Crippen LogP contribution in [0.1, 0.15) is 32.3 Å². The predicted molar refractivity (Wildman–Crippen MR) is 97.5 cm³/mol. The van der Waals surface area contributed by atoms with Crippen LogP contribution in [0.2, 0.25) is 0 Å². The van der Waals surface area contributed by atoms with Gasteiger partial charge in [-0.1, -0.05) is 13.0 Å². The Kier molecular flexibility index (Phi) is 7.23. The summed E-state index contributed by atoms with van der Waals surface area (Å²) in [5.74, 6) is 5.97. The fraction of sp³-hybridized carbons (Fsp3) is 0.556. The van der Waals surface area contributed by atoms with Crippen LogP contribution < -0.4 is 26.1 Å². The standard InChI is InChI=1S/C18H28N4O4/c1-4-12(2)26-15-6-5-13(9-16(15)25-3)11-22-8-7-20-18(24)14(22)10-17(23)21-19/h5-6,9,12,14H,4,7-8,10-11,19H2,1-3H3,(H,20,24)(H,21,23). The van der Waals surface area contributed by atoms with Crippen molar-refractivity contribution in [3.8, 4) is 11.5 Å². The number of methoxy groups -OCH3 is 1. The number of nitrogens with zero attached hydrogens (tertiary/aromatic N) is 1. The van der Waals surface area contributed by atoms with Gasteiger partial charge in [0, 0.05) is 19.6 Å². The molecule has 26 heavy (non-hydrogen) atoms. The minimum atomic E-state index is -0.547. The lowest BCUT2D eigenvalue weighted by molar-refractivity contribution is -0.134. The highest BCUT2D eigenvalue weighted by molar-refractivity contribution is 5.88. The largest absolute Gasteiger partial charge is 0.493 e. The molecule has 2 unspecified atom stereocenters. The monoisotopic (exact) mass is 364 g/mol. The predicted octanol–water partition coefficient (Wildman–Crippen LogP) is 0.553. The lowest BCUT2D eigenvalue weighted by Gasteiger charge is -2.34. The summed E-state index contributed by atoms with van der Waals surface area (Å²) in [4.78, 5) is 25.8. The van der Waals surface area contributed by atoms with Gasteiger partial charge in [-0.2, -0.15) is 0 Å². The molecule has 1 heterocycles. The number of nitrogens with two attached hydrogens (primary N) is 1. The maximum absolute atomic E-state index is 12.2. The molecule has 0 aliphatic carbocycles. The van der Waals surface area contributed by atoms with Crippen LogP contribution in [0.25, 0.3) is 0 Å². The molecule has 1 fully saturated rings. The topological polar surface area (TPSA) is 106 Å². The van der Waals surface area contributed by atoms with E-state index in [0.717, 1.165) is 12.0 Å². The Hall–Kier alpha value is -2.32. The van der Waals surface area contributed by atoms with E-state index in [1.165, 1.54) is 0 Å². The number of carbonyl (C=O) groups is 2. The Morgan fingerprint density at radius 1 is 1.46 bits per heavy atom. The van der Waals surface area contributed by atoms with Gasteiger partial charge in [-0.25, -0.2) is 5.84 Å². The van der Waals surface area contributed by atoms with Gasteiger partial charge in [-0.15, -0.1) is 0 Å². The molecule has 0 saturated carbocycles. The van der Waals surface area contributed by atoms with Crippen LogP contribution >= 0.6 is 0 Å². The zero-order valence-electron chi connectivity index (χ0n) is 15.6. The van der Waals surface area contributed by atoms with Crippen LogP contribution in [0.4, 0.5) is 0 Å². The fourth-order valence-electron chi connectivity index (χ4n) is 2.85. The van der Waals surface area contributed by atoms with Crippen molar-refractivity contribution >= 4 is 11.8 Å². The molecule has 4 N–H and O–H groups in total. The van der Waals surface area contributed by atoms with Gasteiger partial charge in [0.15, 0.2) is 11.5 Å². The summed E-state index contributed by atoms with van der Waals surface area (Å²) in [6.45, 7) is 5.79. The average molecular weight is 364 g/mol. The van der Waals surface area contributed by atoms with Crippen LogP contribution in [0, 0.1) is 0 Å². The smallest absolute Gasteiger partial charge is 0.237 e.